The van der Waals surface area contributed by atoms with Crippen LogP contribution in [0, 0.1) is 0 Å². The molecule has 2 aromatic rings. The number of thiophene rings is 1. The zero-order chi connectivity index (χ0) is 14.8. The van der Waals surface area contributed by atoms with E-state index in [1.807, 2.05) is 0 Å². The molecule has 0 aromatic carbocycles. The minimum atomic E-state index is -0.756. The topological polar surface area (TPSA) is 62.2 Å². The van der Waals surface area contributed by atoms with E-state index in [0.29, 0.717) is 6.42 Å². The first-order valence-corrected chi connectivity index (χ1v) is 8.91. The molecule has 112 valence electrons. The second kappa shape index (κ2) is 6.15. The van der Waals surface area contributed by atoms with Gasteiger partial charge in [0.2, 0.25) is 0 Å². The van der Waals surface area contributed by atoms with E-state index in [1.165, 1.54) is 4.88 Å². The number of thiazole rings is 1. The standard InChI is InChI=1S/C15H18N2O2S2/c1-2-4-10(11-5-3-8-20-11)16-15-17-13-9(14(18)19)6-7-12(13)21-15/h3,5,8-10H,2,4,6-7H2,1H3,(H,16,17)(H,18,19). The first-order chi connectivity index (χ1) is 10.2. The third-order valence-corrected chi connectivity index (χ3v) is 5.83. The predicted molar refractivity (Wildman–Crippen MR) is 86.4 cm³/mol. The highest BCUT2D eigenvalue weighted by atomic mass is 32.1. The van der Waals surface area contributed by atoms with Gasteiger partial charge >= 0.3 is 5.97 Å². The molecule has 2 N–H and O–H groups in total. The average Bonchev–Trinajstić information content (AvgIpc) is 3.13. The first kappa shape index (κ1) is 14.5. The number of aromatic nitrogens is 1. The number of rotatable bonds is 6. The van der Waals surface area contributed by atoms with Gasteiger partial charge in [0.05, 0.1) is 11.7 Å². The first-order valence-electron chi connectivity index (χ1n) is 7.21. The molecule has 2 unspecified atom stereocenters. The van der Waals surface area contributed by atoms with Crippen molar-refractivity contribution in [1.82, 2.24) is 4.98 Å². The molecule has 0 saturated heterocycles. The molecule has 0 radical (unpaired) electrons. The molecule has 4 nitrogen and oxygen atoms in total. The van der Waals surface area contributed by atoms with Gasteiger partial charge in [-0.05, 0) is 30.7 Å². The highest BCUT2D eigenvalue weighted by Crippen LogP contribution is 2.39. The summed E-state index contributed by atoms with van der Waals surface area (Å²) in [6.07, 6.45) is 3.67. The largest absolute Gasteiger partial charge is 0.481 e. The van der Waals surface area contributed by atoms with Crippen molar-refractivity contribution in [3.8, 4) is 0 Å². The van der Waals surface area contributed by atoms with Crippen molar-refractivity contribution in [2.75, 3.05) is 5.32 Å². The van der Waals surface area contributed by atoms with Crippen LogP contribution in [-0.4, -0.2) is 16.1 Å². The fourth-order valence-corrected chi connectivity index (χ4v) is 4.65. The molecule has 6 heteroatoms. The van der Waals surface area contributed by atoms with Crippen molar-refractivity contribution in [3.05, 3.63) is 33.0 Å². The maximum atomic E-state index is 11.2. The molecule has 0 bridgehead atoms. The Morgan fingerprint density at radius 1 is 1.62 bits per heavy atom. The third kappa shape index (κ3) is 2.96. The van der Waals surface area contributed by atoms with Gasteiger partial charge in [0.1, 0.15) is 5.92 Å². The van der Waals surface area contributed by atoms with E-state index in [-0.39, 0.29) is 6.04 Å². The average molecular weight is 322 g/mol. The second-order valence-electron chi connectivity index (χ2n) is 5.26. The molecular weight excluding hydrogens is 304 g/mol. The fraction of sp³-hybridized carbons (Fsp3) is 0.467. The number of aryl methyl sites for hydroxylation is 1. The number of carboxylic acid groups (broad SMARTS) is 1. The molecular formula is C15H18N2O2S2. The van der Waals surface area contributed by atoms with E-state index in [0.717, 1.165) is 35.0 Å². The summed E-state index contributed by atoms with van der Waals surface area (Å²) < 4.78 is 0. The predicted octanol–water partition coefficient (Wildman–Crippen LogP) is 4.27. The van der Waals surface area contributed by atoms with Gasteiger partial charge in [-0.15, -0.1) is 22.7 Å². The molecule has 1 aliphatic rings. The third-order valence-electron chi connectivity index (χ3n) is 3.78. The lowest BCUT2D eigenvalue weighted by Crippen LogP contribution is -2.11. The quantitative estimate of drug-likeness (QED) is 0.833. The number of carbonyl (C=O) groups is 1. The van der Waals surface area contributed by atoms with Crippen LogP contribution in [0.25, 0.3) is 0 Å². The van der Waals surface area contributed by atoms with Gasteiger partial charge in [-0.25, -0.2) is 4.98 Å². The molecule has 0 saturated carbocycles. The van der Waals surface area contributed by atoms with E-state index in [2.05, 4.69) is 34.7 Å². The summed E-state index contributed by atoms with van der Waals surface area (Å²) in [6.45, 7) is 2.17. The summed E-state index contributed by atoms with van der Waals surface area (Å²) in [6, 6.07) is 4.47. The van der Waals surface area contributed by atoms with E-state index in [4.69, 9.17) is 0 Å². The fourth-order valence-electron chi connectivity index (χ4n) is 2.74. The van der Waals surface area contributed by atoms with E-state index < -0.39 is 11.9 Å². The lowest BCUT2D eigenvalue weighted by atomic mass is 10.1. The minimum absolute atomic E-state index is 0.268. The molecule has 2 aromatic heterocycles. The Morgan fingerprint density at radius 2 is 2.48 bits per heavy atom. The van der Waals surface area contributed by atoms with Crippen molar-refractivity contribution < 1.29 is 9.90 Å². The highest BCUT2D eigenvalue weighted by molar-refractivity contribution is 7.15. The number of nitrogens with zero attached hydrogens (tertiary/aromatic N) is 1. The summed E-state index contributed by atoms with van der Waals surface area (Å²) >= 11 is 3.36. The van der Waals surface area contributed by atoms with E-state index in [1.54, 1.807) is 22.7 Å². The van der Waals surface area contributed by atoms with E-state index >= 15 is 0 Å². The smallest absolute Gasteiger partial charge is 0.312 e. The van der Waals surface area contributed by atoms with Crippen LogP contribution >= 0.6 is 22.7 Å². The summed E-state index contributed by atoms with van der Waals surface area (Å²) in [5.41, 5.74) is 0.774. The molecule has 21 heavy (non-hydrogen) atoms. The molecule has 1 aliphatic carbocycles. The summed E-state index contributed by atoms with van der Waals surface area (Å²) in [5, 5.41) is 15.7. The molecule has 2 heterocycles. The van der Waals surface area contributed by atoms with Crippen molar-refractivity contribution in [3.63, 3.8) is 0 Å². The van der Waals surface area contributed by atoms with Crippen LogP contribution in [0.15, 0.2) is 17.5 Å². The Hall–Kier alpha value is -1.40. The van der Waals surface area contributed by atoms with Crippen LogP contribution in [-0.2, 0) is 11.2 Å². The number of hydrogen-bond acceptors (Lipinski definition) is 5. The van der Waals surface area contributed by atoms with Gasteiger partial charge in [0, 0.05) is 9.75 Å². The van der Waals surface area contributed by atoms with Gasteiger partial charge in [-0.1, -0.05) is 19.4 Å². The zero-order valence-electron chi connectivity index (χ0n) is 11.8. The van der Waals surface area contributed by atoms with Crippen molar-refractivity contribution >= 4 is 33.8 Å². The monoisotopic (exact) mass is 322 g/mol. The summed E-state index contributed by atoms with van der Waals surface area (Å²) in [5.74, 6) is -1.17. The molecule has 0 amide bonds. The Kier molecular flexibility index (Phi) is 4.26. The van der Waals surface area contributed by atoms with Gasteiger partial charge in [0.15, 0.2) is 5.13 Å². The van der Waals surface area contributed by atoms with Crippen LogP contribution in [0.5, 0.6) is 0 Å². The number of fused-ring (bicyclic) bond motifs is 1. The molecule has 3 rings (SSSR count). The Morgan fingerprint density at radius 3 is 3.14 bits per heavy atom. The number of aliphatic carboxylic acids is 1. The van der Waals surface area contributed by atoms with Crippen LogP contribution in [0.4, 0.5) is 5.13 Å². The molecule has 0 aliphatic heterocycles. The van der Waals surface area contributed by atoms with Crippen LogP contribution in [0.3, 0.4) is 0 Å². The van der Waals surface area contributed by atoms with Crippen molar-refractivity contribution in [1.29, 1.82) is 0 Å². The number of hydrogen-bond donors (Lipinski definition) is 2. The molecule has 2 atom stereocenters. The van der Waals surface area contributed by atoms with Gasteiger partial charge in [-0.3, -0.25) is 4.79 Å². The van der Waals surface area contributed by atoms with Crippen molar-refractivity contribution in [2.24, 2.45) is 0 Å². The summed E-state index contributed by atoms with van der Waals surface area (Å²) in [7, 11) is 0. The highest BCUT2D eigenvalue weighted by Gasteiger charge is 2.32. The Bertz CT molecular complexity index is 622. The Balaban J connectivity index is 1.79. The lowest BCUT2D eigenvalue weighted by molar-refractivity contribution is -0.138. The van der Waals surface area contributed by atoms with Gasteiger partial charge < -0.3 is 10.4 Å². The van der Waals surface area contributed by atoms with Crippen LogP contribution in [0.1, 0.15) is 53.6 Å². The summed E-state index contributed by atoms with van der Waals surface area (Å²) in [4.78, 5) is 18.2. The maximum Gasteiger partial charge on any atom is 0.312 e. The number of anilines is 1. The van der Waals surface area contributed by atoms with Gasteiger partial charge in [-0.2, -0.15) is 0 Å². The van der Waals surface area contributed by atoms with Crippen LogP contribution in [0.2, 0.25) is 0 Å². The number of carboxylic acids is 1. The van der Waals surface area contributed by atoms with Gasteiger partial charge in [0.25, 0.3) is 0 Å². The SMILES string of the molecule is CCCC(Nc1nc2c(s1)CCC2C(=O)O)c1cccs1. The lowest BCUT2D eigenvalue weighted by Gasteiger charge is -2.16. The maximum absolute atomic E-state index is 11.2. The molecule has 0 spiro atoms. The number of nitrogens with one attached hydrogen (secondary N) is 1. The minimum Gasteiger partial charge on any atom is -0.481 e. The normalized spacial score (nSPS) is 18.4. The molecule has 0 fully saturated rings. The zero-order valence-corrected chi connectivity index (χ0v) is 13.5. The Labute approximate surface area is 131 Å². The van der Waals surface area contributed by atoms with Crippen molar-refractivity contribution in [2.45, 2.75) is 44.6 Å². The second-order valence-corrected chi connectivity index (χ2v) is 7.32. The van der Waals surface area contributed by atoms with Crippen LogP contribution < -0.4 is 5.32 Å². The van der Waals surface area contributed by atoms with E-state index in [9.17, 15) is 9.90 Å².